The second-order valence-corrected chi connectivity index (χ2v) is 5.85. The van der Waals surface area contributed by atoms with E-state index in [1.807, 2.05) is 6.07 Å². The van der Waals surface area contributed by atoms with Crippen molar-refractivity contribution in [3.63, 3.8) is 0 Å². The molecule has 0 atom stereocenters. The standard InChI is InChI=1S/C16H15N3O4S/c1-11(24(22)23)15(20)17-13-7-9-14(10-8-13)19-16(21)18-12-5-3-2-4-6-12/h2-10H,1H3,(H,17,20)(H2,18,19,21). The maximum absolute atomic E-state index is 11.8. The first-order valence-electron chi connectivity index (χ1n) is 6.93. The summed E-state index contributed by atoms with van der Waals surface area (Å²) in [5.41, 5.74) is 1.60. The van der Waals surface area contributed by atoms with Gasteiger partial charge in [0.1, 0.15) is 4.86 Å². The number of carbonyl (C=O) groups excluding carboxylic acids is 2. The fraction of sp³-hybridized carbons (Fsp3) is 0.0625. The highest BCUT2D eigenvalue weighted by molar-refractivity contribution is 7.74. The van der Waals surface area contributed by atoms with Crippen LogP contribution < -0.4 is 16.0 Å². The first-order chi connectivity index (χ1) is 11.5. The van der Waals surface area contributed by atoms with E-state index in [-0.39, 0.29) is 4.86 Å². The summed E-state index contributed by atoms with van der Waals surface area (Å²) in [6.07, 6.45) is 0. The van der Waals surface area contributed by atoms with Crippen molar-refractivity contribution in [3.05, 3.63) is 54.6 Å². The quantitative estimate of drug-likeness (QED) is 0.740. The van der Waals surface area contributed by atoms with Gasteiger partial charge in [-0.05, 0) is 43.3 Å². The van der Waals surface area contributed by atoms with E-state index in [9.17, 15) is 18.0 Å². The van der Waals surface area contributed by atoms with E-state index in [4.69, 9.17) is 0 Å². The third-order valence-corrected chi connectivity index (χ3v) is 3.69. The van der Waals surface area contributed by atoms with Gasteiger partial charge in [-0.1, -0.05) is 18.2 Å². The lowest BCUT2D eigenvalue weighted by atomic mass is 10.2. The van der Waals surface area contributed by atoms with E-state index in [1.165, 1.54) is 6.92 Å². The largest absolute Gasteiger partial charge is 0.323 e. The molecule has 3 N–H and O–H groups in total. The van der Waals surface area contributed by atoms with Crippen LogP contribution in [-0.4, -0.2) is 25.2 Å². The fourth-order valence-electron chi connectivity index (χ4n) is 1.75. The van der Waals surface area contributed by atoms with Crippen molar-refractivity contribution < 1.29 is 18.0 Å². The van der Waals surface area contributed by atoms with Gasteiger partial charge in [0, 0.05) is 17.1 Å². The predicted octanol–water partition coefficient (Wildman–Crippen LogP) is 2.34. The Morgan fingerprint density at radius 3 is 1.71 bits per heavy atom. The van der Waals surface area contributed by atoms with Crippen molar-refractivity contribution in [2.75, 3.05) is 16.0 Å². The summed E-state index contributed by atoms with van der Waals surface area (Å²) in [5, 5.41) is 7.76. The Morgan fingerprint density at radius 1 is 0.750 bits per heavy atom. The van der Waals surface area contributed by atoms with E-state index in [2.05, 4.69) is 16.0 Å². The third kappa shape index (κ3) is 4.96. The number of rotatable bonds is 4. The van der Waals surface area contributed by atoms with Gasteiger partial charge in [-0.15, -0.1) is 0 Å². The normalized spacial score (nSPS) is 9.71. The lowest BCUT2D eigenvalue weighted by molar-refractivity contribution is -0.110. The molecule has 0 aliphatic heterocycles. The number of hydrogen-bond acceptors (Lipinski definition) is 4. The van der Waals surface area contributed by atoms with Crippen LogP contribution in [0.1, 0.15) is 6.92 Å². The number of urea groups is 1. The monoisotopic (exact) mass is 345 g/mol. The maximum atomic E-state index is 11.8. The van der Waals surface area contributed by atoms with Crippen LogP contribution in [0.15, 0.2) is 54.6 Å². The fourth-order valence-corrected chi connectivity index (χ4v) is 1.95. The number of benzene rings is 2. The maximum Gasteiger partial charge on any atom is 0.323 e. The molecule has 2 aromatic carbocycles. The van der Waals surface area contributed by atoms with Crippen LogP contribution in [0.5, 0.6) is 0 Å². The smallest absolute Gasteiger partial charge is 0.321 e. The van der Waals surface area contributed by atoms with Crippen molar-refractivity contribution in [1.82, 2.24) is 0 Å². The molecule has 0 saturated carbocycles. The molecule has 0 heterocycles. The zero-order valence-corrected chi connectivity index (χ0v) is 13.6. The van der Waals surface area contributed by atoms with Gasteiger partial charge in [0.15, 0.2) is 0 Å². The van der Waals surface area contributed by atoms with E-state index < -0.39 is 22.2 Å². The van der Waals surface area contributed by atoms with Crippen LogP contribution >= 0.6 is 0 Å². The Balaban J connectivity index is 1.96. The van der Waals surface area contributed by atoms with Gasteiger partial charge in [-0.2, -0.15) is 8.42 Å². The first kappa shape index (κ1) is 17.2. The average Bonchev–Trinajstić information content (AvgIpc) is 2.56. The molecule has 0 saturated heterocycles. The minimum Gasteiger partial charge on any atom is -0.321 e. The summed E-state index contributed by atoms with van der Waals surface area (Å²) >= 11 is 0. The van der Waals surface area contributed by atoms with Gasteiger partial charge in [0.2, 0.25) is 10.3 Å². The number of anilines is 3. The van der Waals surface area contributed by atoms with Crippen LogP contribution in [0.3, 0.4) is 0 Å². The van der Waals surface area contributed by atoms with E-state index in [0.717, 1.165) is 0 Å². The van der Waals surface area contributed by atoms with E-state index in [0.29, 0.717) is 17.1 Å². The molecule has 0 bridgehead atoms. The molecule has 3 amide bonds. The van der Waals surface area contributed by atoms with Crippen molar-refractivity contribution in [3.8, 4) is 0 Å². The van der Waals surface area contributed by atoms with Gasteiger partial charge in [-0.25, -0.2) is 4.79 Å². The molecule has 2 rings (SSSR count). The second-order valence-electron chi connectivity index (χ2n) is 4.77. The topological polar surface area (TPSA) is 104 Å². The Kier molecular flexibility index (Phi) is 5.69. The van der Waals surface area contributed by atoms with Gasteiger partial charge >= 0.3 is 6.03 Å². The Hall–Kier alpha value is -3.13. The first-order valence-corrected chi connectivity index (χ1v) is 8.00. The van der Waals surface area contributed by atoms with Gasteiger partial charge < -0.3 is 16.0 Å². The second kappa shape index (κ2) is 7.93. The third-order valence-electron chi connectivity index (χ3n) is 3.00. The molecule has 0 unspecified atom stereocenters. The highest BCUT2D eigenvalue weighted by Gasteiger charge is 2.08. The summed E-state index contributed by atoms with van der Waals surface area (Å²) in [4.78, 5) is 23.1. The number of amides is 3. The molecular formula is C16H15N3O4S. The van der Waals surface area contributed by atoms with Crippen LogP contribution in [0.4, 0.5) is 21.9 Å². The van der Waals surface area contributed by atoms with Gasteiger partial charge in [0.05, 0.1) is 0 Å². The zero-order valence-electron chi connectivity index (χ0n) is 12.7. The molecular weight excluding hydrogens is 330 g/mol. The van der Waals surface area contributed by atoms with Crippen molar-refractivity contribution in [2.45, 2.75) is 6.92 Å². The van der Waals surface area contributed by atoms with Crippen LogP contribution in [0.2, 0.25) is 0 Å². The summed E-state index contributed by atoms with van der Waals surface area (Å²) < 4.78 is 21.4. The molecule has 0 radical (unpaired) electrons. The molecule has 0 aromatic heterocycles. The van der Waals surface area contributed by atoms with Gasteiger partial charge in [-0.3, -0.25) is 4.79 Å². The van der Waals surface area contributed by atoms with E-state index in [1.54, 1.807) is 48.5 Å². The molecule has 0 spiro atoms. The molecule has 0 aliphatic carbocycles. The number of nitrogens with one attached hydrogen (secondary N) is 3. The van der Waals surface area contributed by atoms with Crippen molar-refractivity contribution in [2.24, 2.45) is 0 Å². The minimum atomic E-state index is -2.56. The summed E-state index contributed by atoms with van der Waals surface area (Å²) in [6.45, 7) is 1.21. The molecule has 7 nitrogen and oxygen atoms in total. The van der Waals surface area contributed by atoms with Crippen LogP contribution in [-0.2, 0) is 15.1 Å². The highest BCUT2D eigenvalue weighted by Crippen LogP contribution is 2.14. The Morgan fingerprint density at radius 2 is 1.21 bits per heavy atom. The molecule has 0 fully saturated rings. The predicted molar refractivity (Wildman–Crippen MR) is 93.8 cm³/mol. The molecule has 8 heteroatoms. The highest BCUT2D eigenvalue weighted by atomic mass is 32.2. The summed E-state index contributed by atoms with van der Waals surface area (Å²) in [6, 6.07) is 14.9. The number of para-hydroxylation sites is 1. The molecule has 0 aliphatic rings. The Labute approximate surface area is 140 Å². The van der Waals surface area contributed by atoms with E-state index >= 15 is 0 Å². The lowest BCUT2D eigenvalue weighted by Gasteiger charge is -2.09. The number of carbonyl (C=O) groups is 2. The Bertz CT molecular complexity index is 867. The van der Waals surface area contributed by atoms with Crippen LogP contribution in [0, 0.1) is 0 Å². The van der Waals surface area contributed by atoms with Gasteiger partial charge in [0.25, 0.3) is 5.91 Å². The minimum absolute atomic E-state index is 0.306. The molecule has 2 aromatic rings. The lowest BCUT2D eigenvalue weighted by Crippen LogP contribution is -2.21. The number of hydrogen-bond donors (Lipinski definition) is 3. The summed E-state index contributed by atoms with van der Waals surface area (Å²) in [7, 11) is -2.56. The molecule has 124 valence electrons. The average molecular weight is 345 g/mol. The summed E-state index contributed by atoms with van der Waals surface area (Å²) in [5.74, 6) is -0.703. The van der Waals surface area contributed by atoms with Crippen molar-refractivity contribution in [1.29, 1.82) is 0 Å². The zero-order chi connectivity index (χ0) is 17.5. The van der Waals surface area contributed by atoms with Crippen LogP contribution in [0.25, 0.3) is 0 Å². The van der Waals surface area contributed by atoms with Crippen molar-refractivity contribution >= 4 is 44.2 Å². The molecule has 24 heavy (non-hydrogen) atoms. The SMILES string of the molecule is CC(C(=O)Nc1ccc(NC(=O)Nc2ccccc2)cc1)=S(=O)=O.